The summed E-state index contributed by atoms with van der Waals surface area (Å²) in [5.74, 6) is 0. The SMILES string of the molecule is CC1(C)N=C(C(F)(F)F)S1. The van der Waals surface area contributed by atoms with Crippen molar-refractivity contribution in [3.05, 3.63) is 0 Å². The predicted molar refractivity (Wildman–Crippen MR) is 35.2 cm³/mol. The van der Waals surface area contributed by atoms with Crippen LogP contribution in [0.25, 0.3) is 0 Å². The number of nitrogens with zero attached hydrogens (tertiary/aromatic N) is 1. The lowest BCUT2D eigenvalue weighted by Gasteiger charge is -2.30. The Labute approximate surface area is 60.7 Å². The van der Waals surface area contributed by atoms with Gasteiger partial charge in [0.05, 0.1) is 0 Å². The fraction of sp³-hybridized carbons (Fsp3) is 0.800. The molecule has 0 atom stereocenters. The molecular formula is C5H6F3NS. The molecule has 1 aliphatic heterocycles. The summed E-state index contributed by atoms with van der Waals surface area (Å²) < 4.78 is 35.1. The Balaban J connectivity index is 2.68. The largest absolute Gasteiger partial charge is 0.439 e. The number of alkyl halides is 3. The maximum atomic E-state index is 11.7. The van der Waals surface area contributed by atoms with E-state index >= 15 is 0 Å². The molecule has 0 amide bonds. The van der Waals surface area contributed by atoms with Gasteiger partial charge in [-0.3, -0.25) is 4.99 Å². The van der Waals surface area contributed by atoms with Crippen molar-refractivity contribution in [2.75, 3.05) is 0 Å². The highest BCUT2D eigenvalue weighted by Gasteiger charge is 2.46. The second kappa shape index (κ2) is 1.90. The Hall–Kier alpha value is -0.190. The van der Waals surface area contributed by atoms with Gasteiger partial charge in [-0.05, 0) is 13.8 Å². The van der Waals surface area contributed by atoms with Gasteiger partial charge in [-0.1, -0.05) is 11.8 Å². The minimum absolute atomic E-state index is 0.565. The van der Waals surface area contributed by atoms with Crippen molar-refractivity contribution < 1.29 is 13.2 Å². The van der Waals surface area contributed by atoms with Gasteiger partial charge in [0.15, 0.2) is 5.04 Å². The minimum Gasteiger partial charge on any atom is -0.257 e. The average molecular weight is 169 g/mol. The van der Waals surface area contributed by atoms with Gasteiger partial charge in [-0.15, -0.1) is 0 Å². The third-order valence-corrected chi connectivity index (χ3v) is 2.07. The van der Waals surface area contributed by atoms with Gasteiger partial charge in [0.1, 0.15) is 4.87 Å². The van der Waals surface area contributed by atoms with Crippen molar-refractivity contribution in [2.45, 2.75) is 24.9 Å². The lowest BCUT2D eigenvalue weighted by atomic mass is 10.4. The fourth-order valence-corrected chi connectivity index (χ4v) is 1.48. The van der Waals surface area contributed by atoms with Crippen LogP contribution >= 0.6 is 11.8 Å². The predicted octanol–water partition coefficient (Wildman–Crippen LogP) is 2.43. The molecule has 0 aliphatic carbocycles. The van der Waals surface area contributed by atoms with Crippen molar-refractivity contribution in [1.82, 2.24) is 0 Å². The molecule has 0 saturated heterocycles. The first-order chi connectivity index (χ1) is 4.31. The molecule has 5 heteroatoms. The van der Waals surface area contributed by atoms with E-state index in [-0.39, 0.29) is 0 Å². The van der Waals surface area contributed by atoms with E-state index in [9.17, 15) is 13.2 Å². The third kappa shape index (κ3) is 1.45. The second-order valence-electron chi connectivity index (χ2n) is 2.46. The van der Waals surface area contributed by atoms with E-state index in [4.69, 9.17) is 0 Å². The Morgan fingerprint density at radius 3 is 1.90 bits per heavy atom. The van der Waals surface area contributed by atoms with Crippen LogP contribution in [0.2, 0.25) is 0 Å². The highest BCUT2D eigenvalue weighted by atomic mass is 32.2. The quantitative estimate of drug-likeness (QED) is 0.542. The molecule has 1 nitrogen and oxygen atoms in total. The van der Waals surface area contributed by atoms with Gasteiger partial charge in [0, 0.05) is 0 Å². The van der Waals surface area contributed by atoms with E-state index < -0.39 is 16.1 Å². The molecule has 0 unspecified atom stereocenters. The first-order valence-corrected chi connectivity index (χ1v) is 3.49. The van der Waals surface area contributed by atoms with E-state index in [1.165, 1.54) is 0 Å². The molecule has 0 saturated carbocycles. The molecule has 0 spiro atoms. The highest BCUT2D eigenvalue weighted by Crippen LogP contribution is 2.43. The number of halogens is 3. The fourth-order valence-electron chi connectivity index (χ4n) is 0.609. The zero-order valence-electron chi connectivity index (χ0n) is 5.49. The number of hydrogen-bond donors (Lipinski definition) is 0. The van der Waals surface area contributed by atoms with Crippen LogP contribution in [0.4, 0.5) is 13.2 Å². The molecule has 0 N–H and O–H groups in total. The van der Waals surface area contributed by atoms with E-state index in [1.807, 2.05) is 0 Å². The van der Waals surface area contributed by atoms with Crippen molar-refractivity contribution in [1.29, 1.82) is 0 Å². The summed E-state index contributed by atoms with van der Waals surface area (Å²) in [7, 11) is 0. The normalized spacial score (nSPS) is 23.5. The van der Waals surface area contributed by atoms with Crippen molar-refractivity contribution >= 4 is 16.8 Å². The van der Waals surface area contributed by atoms with E-state index in [0.717, 1.165) is 11.8 Å². The van der Waals surface area contributed by atoms with Crippen LogP contribution in [0, 0.1) is 0 Å². The van der Waals surface area contributed by atoms with Crippen LogP contribution < -0.4 is 0 Å². The monoisotopic (exact) mass is 169 g/mol. The molecule has 1 rings (SSSR count). The maximum Gasteiger partial charge on any atom is 0.439 e. The summed E-state index contributed by atoms with van der Waals surface area (Å²) in [6.45, 7) is 3.29. The van der Waals surface area contributed by atoms with Crippen LogP contribution in [-0.4, -0.2) is 16.1 Å². The molecule has 0 fully saturated rings. The number of rotatable bonds is 0. The standard InChI is InChI=1S/C5H6F3NS/c1-4(2)9-3(10-4)5(6,7)8/h1-2H3. The number of aliphatic imine (C=N–C) groups is 1. The lowest BCUT2D eigenvalue weighted by molar-refractivity contribution is -0.0566. The van der Waals surface area contributed by atoms with Crippen molar-refractivity contribution in [2.24, 2.45) is 4.99 Å². The summed E-state index contributed by atoms with van der Waals surface area (Å²) in [4.78, 5) is 2.82. The summed E-state index contributed by atoms with van der Waals surface area (Å²) in [5, 5.41) is -0.711. The molecule has 1 heterocycles. The van der Waals surface area contributed by atoms with Crippen molar-refractivity contribution in [3.63, 3.8) is 0 Å². The van der Waals surface area contributed by atoms with Crippen LogP contribution in [0.5, 0.6) is 0 Å². The highest BCUT2D eigenvalue weighted by molar-refractivity contribution is 8.16. The summed E-state index contributed by atoms with van der Waals surface area (Å²) in [5.41, 5.74) is 0. The van der Waals surface area contributed by atoms with E-state index in [0.29, 0.717) is 0 Å². The van der Waals surface area contributed by atoms with E-state index in [2.05, 4.69) is 4.99 Å². The van der Waals surface area contributed by atoms with Gasteiger partial charge in [-0.2, -0.15) is 13.2 Å². The molecule has 10 heavy (non-hydrogen) atoms. The van der Waals surface area contributed by atoms with Crippen LogP contribution in [-0.2, 0) is 0 Å². The zero-order valence-corrected chi connectivity index (χ0v) is 6.31. The smallest absolute Gasteiger partial charge is 0.257 e. The Kier molecular flexibility index (Phi) is 1.50. The number of thioether (sulfide) groups is 1. The second-order valence-corrected chi connectivity index (χ2v) is 4.05. The molecule has 0 radical (unpaired) electrons. The van der Waals surface area contributed by atoms with Crippen molar-refractivity contribution in [3.8, 4) is 0 Å². The average Bonchev–Trinajstić information content (AvgIpc) is 1.56. The van der Waals surface area contributed by atoms with Gasteiger partial charge in [0.25, 0.3) is 0 Å². The summed E-state index contributed by atoms with van der Waals surface area (Å²) in [6.07, 6.45) is -4.24. The zero-order chi connectivity index (χ0) is 7.99. The van der Waals surface area contributed by atoms with Gasteiger partial charge >= 0.3 is 6.18 Å². The number of hydrogen-bond acceptors (Lipinski definition) is 2. The molecule has 0 aromatic heterocycles. The molecular weight excluding hydrogens is 163 g/mol. The molecule has 1 aliphatic rings. The van der Waals surface area contributed by atoms with Gasteiger partial charge in [-0.25, -0.2) is 0 Å². The third-order valence-electron chi connectivity index (χ3n) is 0.960. The Morgan fingerprint density at radius 1 is 1.40 bits per heavy atom. The van der Waals surface area contributed by atoms with Crippen LogP contribution in [0.15, 0.2) is 4.99 Å². The van der Waals surface area contributed by atoms with E-state index in [1.54, 1.807) is 13.8 Å². The molecule has 0 aromatic carbocycles. The first kappa shape index (κ1) is 7.91. The molecule has 0 aromatic rings. The first-order valence-electron chi connectivity index (χ1n) is 2.67. The van der Waals surface area contributed by atoms with Gasteiger partial charge in [0.2, 0.25) is 0 Å². The topological polar surface area (TPSA) is 12.4 Å². The lowest BCUT2D eigenvalue weighted by Crippen LogP contribution is -2.35. The Morgan fingerprint density at radius 2 is 1.80 bits per heavy atom. The Bertz CT molecular complexity index is 182. The van der Waals surface area contributed by atoms with Gasteiger partial charge < -0.3 is 0 Å². The molecule has 58 valence electrons. The van der Waals surface area contributed by atoms with Crippen LogP contribution in [0.1, 0.15) is 13.8 Å². The molecule has 0 bridgehead atoms. The maximum absolute atomic E-state index is 11.7. The van der Waals surface area contributed by atoms with Crippen LogP contribution in [0.3, 0.4) is 0 Å². The summed E-state index contributed by atoms with van der Waals surface area (Å²) >= 11 is 0.763. The summed E-state index contributed by atoms with van der Waals surface area (Å²) in [6, 6.07) is 0. The minimum atomic E-state index is -4.24.